The number of hydrogen-bond donors (Lipinski definition) is 1. The number of aliphatic hydroxyl groups is 1. The summed E-state index contributed by atoms with van der Waals surface area (Å²) >= 11 is 0. The molecule has 14 heavy (non-hydrogen) atoms. The van der Waals surface area contributed by atoms with Gasteiger partial charge in [0.2, 0.25) is 0 Å². The normalized spacial score (nSPS) is 42.9. The van der Waals surface area contributed by atoms with Crippen molar-refractivity contribution < 1.29 is 23.0 Å². The third-order valence-electron chi connectivity index (χ3n) is 3.43. The van der Waals surface area contributed by atoms with Crippen LogP contribution in [0.1, 0.15) is 25.7 Å². The first-order chi connectivity index (χ1) is 6.49. The molecule has 2 heterocycles. The molecule has 5 heteroatoms. The van der Waals surface area contributed by atoms with Crippen LogP contribution < -0.4 is 0 Å². The van der Waals surface area contributed by atoms with Crippen molar-refractivity contribution in [3.63, 3.8) is 0 Å². The highest BCUT2D eigenvalue weighted by atomic mass is 19.4. The van der Waals surface area contributed by atoms with Crippen molar-refractivity contribution in [3.05, 3.63) is 0 Å². The largest absolute Gasteiger partial charge is 0.420 e. The van der Waals surface area contributed by atoms with Gasteiger partial charge in [-0.25, -0.2) is 0 Å². The summed E-state index contributed by atoms with van der Waals surface area (Å²) in [6, 6.07) is 0. The van der Waals surface area contributed by atoms with E-state index < -0.39 is 24.3 Å². The van der Waals surface area contributed by atoms with Crippen LogP contribution in [0.15, 0.2) is 0 Å². The first-order valence-electron chi connectivity index (χ1n) is 4.85. The Morgan fingerprint density at radius 3 is 2.00 bits per heavy atom. The van der Waals surface area contributed by atoms with E-state index in [1.165, 1.54) is 0 Å². The predicted octanol–water partition coefficient (Wildman–Crippen LogP) is 1.87. The summed E-state index contributed by atoms with van der Waals surface area (Å²) in [5, 5.41) is 8.95. The summed E-state index contributed by atoms with van der Waals surface area (Å²) in [6.07, 6.45) is -2.33. The second-order valence-electron chi connectivity index (χ2n) is 4.14. The van der Waals surface area contributed by atoms with Gasteiger partial charge < -0.3 is 9.84 Å². The molecule has 1 unspecified atom stereocenters. The monoisotopic (exact) mass is 210 g/mol. The lowest BCUT2D eigenvalue weighted by Crippen LogP contribution is -2.62. The number of aliphatic hydroxyl groups excluding tert-OH is 1. The van der Waals surface area contributed by atoms with Crippen molar-refractivity contribution in [2.24, 2.45) is 5.92 Å². The van der Waals surface area contributed by atoms with Gasteiger partial charge in [0.05, 0.1) is 12.7 Å². The molecule has 0 radical (unpaired) electrons. The maximum atomic E-state index is 12.8. The molecule has 1 aliphatic carbocycles. The number of halogens is 3. The summed E-state index contributed by atoms with van der Waals surface area (Å²) in [7, 11) is 0. The Balaban J connectivity index is 2.28. The molecule has 0 aromatic heterocycles. The van der Waals surface area contributed by atoms with Crippen LogP contribution in [0.5, 0.6) is 0 Å². The zero-order valence-electron chi connectivity index (χ0n) is 7.68. The molecule has 2 bridgehead atoms. The number of ether oxygens (including phenoxy) is 1. The lowest BCUT2D eigenvalue weighted by atomic mass is 9.72. The third kappa shape index (κ3) is 1.26. The van der Waals surface area contributed by atoms with Crippen molar-refractivity contribution in [1.82, 2.24) is 0 Å². The average molecular weight is 210 g/mol. The molecule has 2 nitrogen and oxygen atoms in total. The molecule has 3 aliphatic rings. The molecule has 2 aliphatic heterocycles. The first kappa shape index (κ1) is 10.2. The number of fused-ring (bicyclic) bond motifs is 3. The summed E-state index contributed by atoms with van der Waals surface area (Å²) < 4.78 is 43.3. The molecule has 3 rings (SSSR count). The summed E-state index contributed by atoms with van der Waals surface area (Å²) in [6.45, 7) is -0.947. The molecular formula is C9H13F3O2. The van der Waals surface area contributed by atoms with E-state index in [1.54, 1.807) is 0 Å². The zero-order chi connectivity index (χ0) is 10.4. The quantitative estimate of drug-likeness (QED) is 0.715. The van der Waals surface area contributed by atoms with Gasteiger partial charge in [-0.2, -0.15) is 13.2 Å². The minimum absolute atomic E-state index is 0.311. The molecule has 0 aromatic carbocycles. The Morgan fingerprint density at radius 1 is 1.21 bits per heavy atom. The van der Waals surface area contributed by atoms with E-state index in [-0.39, 0.29) is 6.10 Å². The second-order valence-corrected chi connectivity index (χ2v) is 4.14. The van der Waals surface area contributed by atoms with Gasteiger partial charge in [-0.05, 0) is 31.6 Å². The van der Waals surface area contributed by atoms with Crippen LogP contribution in [-0.4, -0.2) is 29.6 Å². The van der Waals surface area contributed by atoms with Gasteiger partial charge >= 0.3 is 6.18 Å². The van der Waals surface area contributed by atoms with Crippen LogP contribution in [0.25, 0.3) is 0 Å². The summed E-state index contributed by atoms with van der Waals surface area (Å²) in [4.78, 5) is 0. The van der Waals surface area contributed by atoms with Crippen LogP contribution in [0, 0.1) is 5.92 Å². The van der Waals surface area contributed by atoms with E-state index in [0.717, 1.165) is 0 Å². The van der Waals surface area contributed by atoms with Gasteiger partial charge in [-0.3, -0.25) is 0 Å². The van der Waals surface area contributed by atoms with E-state index in [9.17, 15) is 13.2 Å². The summed E-state index contributed by atoms with van der Waals surface area (Å²) in [5.74, 6) is -0.558. The third-order valence-corrected chi connectivity index (χ3v) is 3.43. The predicted molar refractivity (Wildman–Crippen MR) is 42.7 cm³/mol. The average Bonchev–Trinajstić information content (AvgIpc) is 2.17. The summed E-state index contributed by atoms with van der Waals surface area (Å²) in [5.41, 5.74) is -2.27. The Hall–Kier alpha value is -0.290. The highest BCUT2D eigenvalue weighted by molar-refractivity contribution is 5.01. The van der Waals surface area contributed by atoms with Crippen LogP contribution in [0.4, 0.5) is 13.2 Å². The van der Waals surface area contributed by atoms with E-state index >= 15 is 0 Å². The molecule has 3 fully saturated rings. The van der Waals surface area contributed by atoms with Gasteiger partial charge in [0.15, 0.2) is 5.60 Å². The molecule has 1 atom stereocenters. The number of rotatable bonds is 1. The molecule has 0 spiro atoms. The molecule has 82 valence electrons. The SMILES string of the molecule is OCC1(C(F)(F)F)OC2CCC1CC2. The molecule has 1 N–H and O–H groups in total. The van der Waals surface area contributed by atoms with Crippen molar-refractivity contribution in [3.8, 4) is 0 Å². The molecule has 0 amide bonds. The highest BCUT2D eigenvalue weighted by Crippen LogP contribution is 2.51. The lowest BCUT2D eigenvalue weighted by molar-refractivity contribution is -0.348. The number of hydrogen-bond acceptors (Lipinski definition) is 2. The Bertz CT molecular complexity index is 221. The number of alkyl halides is 3. The highest BCUT2D eigenvalue weighted by Gasteiger charge is 2.64. The molecule has 1 saturated carbocycles. The fraction of sp³-hybridized carbons (Fsp3) is 1.00. The Morgan fingerprint density at radius 2 is 1.79 bits per heavy atom. The standard InChI is InChI=1S/C9H13F3O2/c10-9(11,12)8(5-13)6-1-3-7(14-8)4-2-6/h6-7,13H,1-5H2. The fourth-order valence-corrected chi connectivity index (χ4v) is 2.59. The lowest BCUT2D eigenvalue weighted by Gasteiger charge is -2.51. The van der Waals surface area contributed by atoms with Crippen molar-refractivity contribution >= 4 is 0 Å². The van der Waals surface area contributed by atoms with Crippen molar-refractivity contribution in [2.75, 3.05) is 6.61 Å². The van der Waals surface area contributed by atoms with E-state index in [1.807, 2.05) is 0 Å². The Kier molecular flexibility index (Phi) is 2.27. The maximum Gasteiger partial charge on any atom is 0.420 e. The minimum atomic E-state index is -4.45. The zero-order valence-corrected chi connectivity index (χ0v) is 7.68. The Labute approximate surface area is 80.1 Å². The van der Waals surface area contributed by atoms with Crippen LogP contribution in [-0.2, 0) is 4.74 Å². The van der Waals surface area contributed by atoms with Crippen LogP contribution >= 0.6 is 0 Å². The maximum absolute atomic E-state index is 12.8. The van der Waals surface area contributed by atoms with Gasteiger partial charge in [0, 0.05) is 0 Å². The second kappa shape index (κ2) is 3.10. The van der Waals surface area contributed by atoms with E-state index in [0.29, 0.717) is 25.7 Å². The topological polar surface area (TPSA) is 29.5 Å². The van der Waals surface area contributed by atoms with Gasteiger partial charge in [-0.15, -0.1) is 0 Å². The first-order valence-corrected chi connectivity index (χ1v) is 4.85. The van der Waals surface area contributed by atoms with Crippen molar-refractivity contribution in [1.29, 1.82) is 0 Å². The van der Waals surface area contributed by atoms with Crippen LogP contribution in [0.2, 0.25) is 0 Å². The van der Waals surface area contributed by atoms with Gasteiger partial charge in [-0.1, -0.05) is 0 Å². The minimum Gasteiger partial charge on any atom is -0.393 e. The van der Waals surface area contributed by atoms with Crippen molar-refractivity contribution in [2.45, 2.75) is 43.6 Å². The van der Waals surface area contributed by atoms with Gasteiger partial charge in [0.1, 0.15) is 0 Å². The van der Waals surface area contributed by atoms with E-state index in [4.69, 9.17) is 9.84 Å². The van der Waals surface area contributed by atoms with Gasteiger partial charge in [0.25, 0.3) is 0 Å². The van der Waals surface area contributed by atoms with E-state index in [2.05, 4.69) is 0 Å². The molecule has 2 saturated heterocycles. The van der Waals surface area contributed by atoms with Crippen LogP contribution in [0.3, 0.4) is 0 Å². The molecule has 0 aromatic rings. The fourth-order valence-electron chi connectivity index (χ4n) is 2.59. The smallest absolute Gasteiger partial charge is 0.393 e. The molecular weight excluding hydrogens is 197 g/mol.